The van der Waals surface area contributed by atoms with Crippen LogP contribution in [0.5, 0.6) is 0 Å². The molecule has 0 aliphatic carbocycles. The Balaban J connectivity index is 1.04. The Morgan fingerprint density at radius 2 is 0.800 bits per heavy atom. The fourth-order valence-electron chi connectivity index (χ4n) is 10.7. The van der Waals surface area contributed by atoms with E-state index in [1.54, 1.807) is 43.3 Å². The minimum Gasteiger partial charge on any atom is -0.450 e. The van der Waals surface area contributed by atoms with Crippen LogP contribution < -0.4 is 0 Å². The van der Waals surface area contributed by atoms with Gasteiger partial charge < -0.3 is 66.7 Å². The highest BCUT2D eigenvalue weighted by atomic mass is 16.8. The molecule has 7 aromatic rings. The van der Waals surface area contributed by atoms with Gasteiger partial charge in [0, 0.05) is 0 Å². The smallest absolute Gasteiger partial charge is 0.338 e. The first kappa shape index (κ1) is 61.3. The fraction of sp³-hybridized carbons (Fsp3) is 0.357. The van der Waals surface area contributed by atoms with Crippen molar-refractivity contribution in [2.45, 2.75) is 146 Å². The highest BCUT2D eigenvalue weighted by molar-refractivity contribution is 5.89. The van der Waals surface area contributed by atoms with Crippen molar-refractivity contribution >= 4 is 5.97 Å². The van der Waals surface area contributed by atoms with E-state index in [2.05, 4.69) is 6.58 Å². The van der Waals surface area contributed by atoms with Crippen LogP contribution in [0.1, 0.15) is 57.6 Å². The van der Waals surface area contributed by atoms with Gasteiger partial charge in [-0.3, -0.25) is 0 Å². The van der Waals surface area contributed by atoms with Crippen LogP contribution in [-0.4, -0.2) is 116 Å². The molecule has 15 atom stereocenters. The van der Waals surface area contributed by atoms with Crippen LogP contribution in [0.4, 0.5) is 0 Å². The average Bonchev–Trinajstić information content (AvgIpc) is 3.44. The molecule has 85 heavy (non-hydrogen) atoms. The van der Waals surface area contributed by atoms with Crippen LogP contribution in [0.25, 0.3) is 0 Å². The third-order valence-corrected chi connectivity index (χ3v) is 15.1. The molecule has 0 unspecified atom stereocenters. The molecule has 0 bridgehead atoms. The predicted molar refractivity (Wildman–Crippen MR) is 316 cm³/mol. The molecule has 3 aliphatic rings. The van der Waals surface area contributed by atoms with Crippen molar-refractivity contribution in [1.29, 1.82) is 0 Å². The lowest BCUT2D eigenvalue weighted by Gasteiger charge is -2.51. The van der Waals surface area contributed by atoms with Crippen LogP contribution in [-0.2, 0) is 101 Å². The van der Waals surface area contributed by atoms with Crippen molar-refractivity contribution in [1.82, 2.24) is 0 Å². The van der Waals surface area contributed by atoms with Crippen LogP contribution in [0.3, 0.4) is 0 Å². The summed E-state index contributed by atoms with van der Waals surface area (Å²) in [4.78, 5) is 14.5. The lowest BCUT2D eigenvalue weighted by Crippen LogP contribution is -2.67. The van der Waals surface area contributed by atoms with Crippen molar-refractivity contribution in [2.75, 3.05) is 13.2 Å². The lowest BCUT2D eigenvalue weighted by molar-refractivity contribution is -0.389. The molecule has 3 saturated heterocycles. The Labute approximate surface area is 498 Å². The Kier molecular flexibility index (Phi) is 22.8. The number of rotatable bonds is 28. The number of carbonyl (C=O) groups is 1. The molecule has 15 heteroatoms. The average molecular weight is 1160 g/mol. The topological polar surface area (TPSA) is 157 Å². The second-order valence-electron chi connectivity index (χ2n) is 21.3. The summed E-state index contributed by atoms with van der Waals surface area (Å²) in [6.07, 6.45) is -14.6. The van der Waals surface area contributed by atoms with E-state index < -0.39 is 98.1 Å². The number of ether oxygens (including phenoxy) is 13. The van der Waals surface area contributed by atoms with Gasteiger partial charge in [0.15, 0.2) is 25.0 Å². The maximum absolute atomic E-state index is 14.5. The first-order valence-electron chi connectivity index (χ1n) is 29.1. The molecular formula is C70H76O15. The van der Waals surface area contributed by atoms with Gasteiger partial charge in [-0.05, 0) is 59.4 Å². The Bertz CT molecular complexity index is 3020. The Morgan fingerprint density at radius 3 is 1.28 bits per heavy atom. The summed E-state index contributed by atoms with van der Waals surface area (Å²) in [5.41, 5.74) is 5.78. The molecule has 3 heterocycles. The molecule has 1 N–H and O–H groups in total. The van der Waals surface area contributed by atoms with Gasteiger partial charge in [-0.25, -0.2) is 4.79 Å². The zero-order chi connectivity index (χ0) is 58.6. The predicted octanol–water partition coefficient (Wildman–Crippen LogP) is 10.9. The number of hydrogen-bond donors (Lipinski definition) is 1. The normalized spacial score (nSPS) is 27.6. The van der Waals surface area contributed by atoms with Gasteiger partial charge in [0.1, 0.15) is 54.9 Å². The van der Waals surface area contributed by atoms with Crippen molar-refractivity contribution in [3.8, 4) is 0 Å². The number of hydrogen-bond acceptors (Lipinski definition) is 15. The lowest BCUT2D eigenvalue weighted by atomic mass is 9.95. The van der Waals surface area contributed by atoms with Crippen molar-refractivity contribution < 1.29 is 71.5 Å². The third kappa shape index (κ3) is 17.0. The minimum absolute atomic E-state index is 0.0149. The molecule has 446 valence electrons. The third-order valence-electron chi connectivity index (χ3n) is 15.1. The molecule has 0 saturated carbocycles. The number of esters is 1. The second kappa shape index (κ2) is 31.6. The minimum atomic E-state index is -1.48. The number of carbonyl (C=O) groups excluding carboxylic acids is 1. The Morgan fingerprint density at radius 1 is 0.412 bits per heavy atom. The molecule has 15 nitrogen and oxygen atoms in total. The van der Waals surface area contributed by atoms with Crippen molar-refractivity contribution in [3.05, 3.63) is 264 Å². The van der Waals surface area contributed by atoms with Crippen molar-refractivity contribution in [2.24, 2.45) is 0 Å². The maximum Gasteiger partial charge on any atom is 0.338 e. The van der Waals surface area contributed by atoms with Gasteiger partial charge in [-0.15, -0.1) is 6.58 Å². The molecule has 0 spiro atoms. The Hall–Kier alpha value is -6.77. The van der Waals surface area contributed by atoms with Crippen LogP contribution in [0.15, 0.2) is 225 Å². The monoisotopic (exact) mass is 1160 g/mol. The summed E-state index contributed by atoms with van der Waals surface area (Å²) in [6, 6.07) is 67.4. The van der Waals surface area contributed by atoms with E-state index >= 15 is 0 Å². The van der Waals surface area contributed by atoms with Crippen LogP contribution >= 0.6 is 0 Å². The van der Waals surface area contributed by atoms with Crippen molar-refractivity contribution in [3.63, 3.8) is 0 Å². The maximum atomic E-state index is 14.5. The molecule has 7 aromatic carbocycles. The summed E-state index contributed by atoms with van der Waals surface area (Å²) in [6.45, 7) is 8.77. The molecule has 10 rings (SSSR count). The van der Waals surface area contributed by atoms with E-state index in [1.165, 1.54) is 0 Å². The highest BCUT2D eigenvalue weighted by Gasteiger charge is 2.57. The molecule has 3 aliphatic heterocycles. The molecule has 0 amide bonds. The van der Waals surface area contributed by atoms with Crippen LogP contribution in [0, 0.1) is 0 Å². The van der Waals surface area contributed by atoms with E-state index in [-0.39, 0.29) is 58.4 Å². The largest absolute Gasteiger partial charge is 0.450 e. The van der Waals surface area contributed by atoms with E-state index in [4.69, 9.17) is 61.6 Å². The summed E-state index contributed by atoms with van der Waals surface area (Å²) < 4.78 is 88.9. The van der Waals surface area contributed by atoms with E-state index in [0.717, 1.165) is 33.4 Å². The van der Waals surface area contributed by atoms with Gasteiger partial charge in [-0.1, -0.05) is 206 Å². The van der Waals surface area contributed by atoms with Gasteiger partial charge in [0.05, 0.1) is 70.6 Å². The first-order chi connectivity index (χ1) is 41.8. The number of aliphatic hydroxyl groups is 1. The van der Waals surface area contributed by atoms with Crippen LogP contribution in [0.2, 0.25) is 0 Å². The van der Waals surface area contributed by atoms with E-state index in [0.29, 0.717) is 0 Å². The summed E-state index contributed by atoms with van der Waals surface area (Å²) in [5.74, 6) is -0.693. The molecule has 3 fully saturated rings. The van der Waals surface area contributed by atoms with Gasteiger partial charge in [0.2, 0.25) is 0 Å². The van der Waals surface area contributed by atoms with Gasteiger partial charge in [-0.2, -0.15) is 0 Å². The zero-order valence-corrected chi connectivity index (χ0v) is 48.0. The standard InChI is InChI=1S/C70H76O15/c1-4-40-74-69-66(83-67(72)56-38-24-11-25-39-56)64(85-68-58(71)62(77-44-53-32-18-8-19-33-53)59(48(2)80-68)75-42-51-28-14-6-15-29-51)60(49(3)81-69)84-70-65(79-46-55-36-22-10-23-37-55)63(78-45-54-34-20-9-21-35-54)61(76-43-52-30-16-7-17-31-52)57(82-70)47-73-41-50-26-12-5-13-27-50/h4-39,48-49,57-66,68-71H,1,40-47H2,2-3H3/t48-,49-,57+,58+,59-,60-,61+,62-,63-,64+,65+,66+,68-,69+,70+/m0/s1. The van der Waals surface area contributed by atoms with E-state index in [1.807, 2.05) is 189 Å². The summed E-state index contributed by atoms with van der Waals surface area (Å²) >= 11 is 0. The fourth-order valence-corrected chi connectivity index (χ4v) is 10.7. The quantitative estimate of drug-likeness (QED) is 0.0365. The highest BCUT2D eigenvalue weighted by Crippen LogP contribution is 2.39. The molecule has 0 aromatic heterocycles. The molecular weight excluding hydrogens is 1080 g/mol. The first-order valence-corrected chi connectivity index (χ1v) is 29.1. The second-order valence-corrected chi connectivity index (χ2v) is 21.3. The van der Waals surface area contributed by atoms with Gasteiger partial charge in [0.25, 0.3) is 0 Å². The number of benzene rings is 7. The SMILES string of the molecule is C=CCO[C@@H]1O[C@@H](C)[C@H](O[C@H]2O[C@H](COCc3ccccc3)[C@@H](OCc3ccccc3)[C@H](OCc3ccccc3)[C@H]2OCc2ccccc2)[C@@H](O[C@@H]2O[C@@H](C)[C@H](OCc3ccccc3)[C@@H](OCc3ccccc3)[C@H]2O)[C@H]1OC(=O)c1ccccc1. The van der Waals surface area contributed by atoms with Gasteiger partial charge >= 0.3 is 5.97 Å². The van der Waals surface area contributed by atoms with E-state index in [9.17, 15) is 9.90 Å². The zero-order valence-electron chi connectivity index (χ0n) is 48.0. The summed E-state index contributed by atoms with van der Waals surface area (Å²) in [5, 5.41) is 12.8. The number of aliphatic hydroxyl groups excluding tert-OH is 1. The summed E-state index contributed by atoms with van der Waals surface area (Å²) in [7, 11) is 0. The molecule has 0 radical (unpaired) electrons.